The molecule has 0 unspecified atom stereocenters. The van der Waals surface area contributed by atoms with Crippen molar-refractivity contribution in [2.24, 2.45) is 17.8 Å². The van der Waals surface area contributed by atoms with Crippen molar-refractivity contribution < 1.29 is 8.78 Å². The Balaban J connectivity index is 1.35. The lowest BCUT2D eigenvalue weighted by molar-refractivity contribution is 0.222. The summed E-state index contributed by atoms with van der Waals surface area (Å²) in [4.78, 5) is 0. The monoisotopic (exact) mass is 415 g/mol. The van der Waals surface area contributed by atoms with Crippen molar-refractivity contribution in [1.29, 1.82) is 5.26 Å². The zero-order valence-electron chi connectivity index (χ0n) is 18.8. The first kappa shape index (κ1) is 23.2. The summed E-state index contributed by atoms with van der Waals surface area (Å²) in [6.07, 6.45) is 19.8. The first-order chi connectivity index (χ1) is 14.6. The summed E-state index contributed by atoms with van der Waals surface area (Å²) in [6, 6.07) is 4.38. The number of nitriles is 1. The summed E-state index contributed by atoms with van der Waals surface area (Å²) in [7, 11) is 0. The molecule has 0 aromatic heterocycles. The SMILES string of the molecule is CCCCCC[C@H]1CC[C@H](CCC2CCC(c3cc(F)c(C#N)c(F)c3)CC2)CC1. The van der Waals surface area contributed by atoms with Crippen molar-refractivity contribution in [1.82, 2.24) is 0 Å². The standard InChI is InChI=1S/C27H39F2N/c1-2-3-4-5-6-20-7-9-21(10-8-20)11-12-22-13-15-23(16-14-22)24-17-26(28)25(19-30)27(29)18-24/h17-18,20-23H,2-16H2,1H3/t20-,21-,22?,23?. The third kappa shape index (κ3) is 6.53. The quantitative estimate of drug-likeness (QED) is 0.370. The van der Waals surface area contributed by atoms with E-state index in [1.54, 1.807) is 6.07 Å². The minimum Gasteiger partial charge on any atom is -0.205 e. The van der Waals surface area contributed by atoms with Gasteiger partial charge in [-0.15, -0.1) is 0 Å². The highest BCUT2D eigenvalue weighted by Gasteiger charge is 2.26. The van der Waals surface area contributed by atoms with Gasteiger partial charge >= 0.3 is 0 Å². The molecule has 0 N–H and O–H groups in total. The molecule has 3 heteroatoms. The van der Waals surface area contributed by atoms with Crippen LogP contribution >= 0.6 is 0 Å². The van der Waals surface area contributed by atoms with E-state index in [2.05, 4.69) is 6.92 Å². The van der Waals surface area contributed by atoms with E-state index in [0.717, 1.165) is 36.2 Å². The van der Waals surface area contributed by atoms with E-state index >= 15 is 0 Å². The highest BCUT2D eigenvalue weighted by molar-refractivity contribution is 5.36. The van der Waals surface area contributed by atoms with Crippen molar-refractivity contribution in [3.63, 3.8) is 0 Å². The van der Waals surface area contributed by atoms with Gasteiger partial charge in [-0.1, -0.05) is 77.6 Å². The maximum absolute atomic E-state index is 13.9. The van der Waals surface area contributed by atoms with Crippen LogP contribution in [0.15, 0.2) is 12.1 Å². The molecule has 2 fully saturated rings. The van der Waals surface area contributed by atoms with Gasteiger partial charge in [0.15, 0.2) is 0 Å². The summed E-state index contributed by atoms with van der Waals surface area (Å²) in [5.41, 5.74) is 0.280. The number of benzene rings is 1. The Bertz CT molecular complexity index is 668. The second kappa shape index (κ2) is 11.8. The van der Waals surface area contributed by atoms with Crippen molar-refractivity contribution in [2.75, 3.05) is 0 Å². The number of rotatable bonds is 9. The first-order valence-corrected chi connectivity index (χ1v) is 12.5. The largest absolute Gasteiger partial charge is 0.205 e. The predicted molar refractivity (Wildman–Crippen MR) is 119 cm³/mol. The van der Waals surface area contributed by atoms with Crippen LogP contribution in [0, 0.1) is 40.7 Å². The van der Waals surface area contributed by atoms with Gasteiger partial charge in [-0.05, 0) is 67.1 Å². The molecule has 0 radical (unpaired) electrons. The molecule has 166 valence electrons. The molecule has 0 atom stereocenters. The van der Waals surface area contributed by atoms with Crippen molar-refractivity contribution >= 4 is 0 Å². The summed E-state index contributed by atoms with van der Waals surface area (Å²) in [5.74, 6) is 1.51. The highest BCUT2D eigenvalue weighted by Crippen LogP contribution is 2.40. The summed E-state index contributed by atoms with van der Waals surface area (Å²) < 4.78 is 27.9. The van der Waals surface area contributed by atoms with E-state index in [0.29, 0.717) is 0 Å². The molecule has 0 aliphatic heterocycles. The lowest BCUT2D eigenvalue weighted by Crippen LogP contribution is -2.18. The molecule has 3 rings (SSSR count). The molecule has 1 aromatic carbocycles. The molecule has 0 bridgehead atoms. The Morgan fingerprint density at radius 1 is 0.767 bits per heavy atom. The Labute approximate surface area is 182 Å². The molecule has 2 saturated carbocycles. The minimum atomic E-state index is -0.712. The summed E-state index contributed by atoms with van der Waals surface area (Å²) >= 11 is 0. The number of halogens is 2. The average Bonchev–Trinajstić information content (AvgIpc) is 2.76. The third-order valence-corrected chi connectivity index (χ3v) is 7.91. The number of hydrogen-bond acceptors (Lipinski definition) is 1. The normalized spacial score (nSPS) is 27.0. The number of hydrogen-bond donors (Lipinski definition) is 0. The zero-order chi connectivity index (χ0) is 21.3. The molecule has 2 aliphatic carbocycles. The fourth-order valence-electron chi connectivity index (χ4n) is 5.86. The van der Waals surface area contributed by atoms with E-state index in [1.807, 2.05) is 0 Å². The van der Waals surface area contributed by atoms with Gasteiger partial charge in [-0.2, -0.15) is 5.26 Å². The minimum absolute atomic E-state index is 0.237. The van der Waals surface area contributed by atoms with Crippen LogP contribution in [0.5, 0.6) is 0 Å². The van der Waals surface area contributed by atoms with Crippen LogP contribution < -0.4 is 0 Å². The van der Waals surface area contributed by atoms with E-state index in [1.165, 1.54) is 95.6 Å². The fourth-order valence-corrected chi connectivity index (χ4v) is 5.86. The van der Waals surface area contributed by atoms with Gasteiger partial charge in [0, 0.05) is 0 Å². The molecule has 0 heterocycles. The molecular weight excluding hydrogens is 376 g/mol. The van der Waals surface area contributed by atoms with Crippen LogP contribution in [0.25, 0.3) is 0 Å². The molecule has 30 heavy (non-hydrogen) atoms. The lowest BCUT2D eigenvalue weighted by Gasteiger charge is -2.32. The third-order valence-electron chi connectivity index (χ3n) is 7.91. The van der Waals surface area contributed by atoms with Gasteiger partial charge in [0.25, 0.3) is 0 Å². The molecule has 0 saturated heterocycles. The van der Waals surface area contributed by atoms with Crippen LogP contribution in [0.3, 0.4) is 0 Å². The number of nitrogens with zero attached hydrogens (tertiary/aromatic N) is 1. The van der Waals surface area contributed by atoms with Gasteiger partial charge in [-0.25, -0.2) is 8.78 Å². The Morgan fingerprint density at radius 2 is 1.27 bits per heavy atom. The molecule has 0 amide bonds. The van der Waals surface area contributed by atoms with Crippen LogP contribution in [-0.2, 0) is 0 Å². The molecule has 0 spiro atoms. The Morgan fingerprint density at radius 3 is 1.77 bits per heavy atom. The fraction of sp³-hybridized carbons (Fsp3) is 0.741. The van der Waals surface area contributed by atoms with Crippen LogP contribution in [0.1, 0.15) is 120 Å². The molecule has 1 aromatic rings. The van der Waals surface area contributed by atoms with Gasteiger partial charge in [-0.3, -0.25) is 0 Å². The van der Waals surface area contributed by atoms with Crippen molar-refractivity contribution in [3.8, 4) is 6.07 Å². The first-order valence-electron chi connectivity index (χ1n) is 12.5. The Kier molecular flexibility index (Phi) is 9.16. The maximum atomic E-state index is 13.9. The smallest absolute Gasteiger partial charge is 0.144 e. The molecular formula is C27H39F2N. The van der Waals surface area contributed by atoms with Crippen LogP contribution in [0.2, 0.25) is 0 Å². The van der Waals surface area contributed by atoms with Gasteiger partial charge in [0.2, 0.25) is 0 Å². The summed E-state index contributed by atoms with van der Waals surface area (Å²) in [5, 5.41) is 8.84. The van der Waals surface area contributed by atoms with E-state index in [-0.39, 0.29) is 5.92 Å². The van der Waals surface area contributed by atoms with Gasteiger partial charge in [0.05, 0.1) is 0 Å². The second-order valence-corrected chi connectivity index (χ2v) is 10.0. The molecule has 2 aliphatic rings. The maximum Gasteiger partial charge on any atom is 0.144 e. The van der Waals surface area contributed by atoms with E-state index < -0.39 is 17.2 Å². The average molecular weight is 416 g/mol. The zero-order valence-corrected chi connectivity index (χ0v) is 18.8. The topological polar surface area (TPSA) is 23.8 Å². The van der Waals surface area contributed by atoms with Crippen LogP contribution in [0.4, 0.5) is 8.78 Å². The van der Waals surface area contributed by atoms with Gasteiger partial charge in [0.1, 0.15) is 23.3 Å². The Hall–Kier alpha value is -1.43. The van der Waals surface area contributed by atoms with Crippen LogP contribution in [-0.4, -0.2) is 0 Å². The predicted octanol–water partition coefficient (Wildman–Crippen LogP) is 8.67. The molecule has 1 nitrogen and oxygen atoms in total. The highest BCUT2D eigenvalue weighted by atomic mass is 19.1. The van der Waals surface area contributed by atoms with Gasteiger partial charge < -0.3 is 0 Å². The number of unbranched alkanes of at least 4 members (excludes halogenated alkanes) is 3. The van der Waals surface area contributed by atoms with E-state index in [9.17, 15) is 8.78 Å². The van der Waals surface area contributed by atoms with Crippen molar-refractivity contribution in [2.45, 2.75) is 109 Å². The summed E-state index contributed by atoms with van der Waals surface area (Å²) in [6.45, 7) is 2.28. The van der Waals surface area contributed by atoms with E-state index in [4.69, 9.17) is 5.26 Å². The van der Waals surface area contributed by atoms with Crippen molar-refractivity contribution in [3.05, 3.63) is 34.9 Å². The lowest BCUT2D eigenvalue weighted by atomic mass is 9.74. The second-order valence-electron chi connectivity index (χ2n) is 10.0.